The van der Waals surface area contributed by atoms with Crippen molar-refractivity contribution < 1.29 is 0 Å². The van der Waals surface area contributed by atoms with E-state index in [1.165, 1.54) is 23.9 Å². The van der Waals surface area contributed by atoms with Crippen LogP contribution in [0.15, 0.2) is 18.2 Å². The van der Waals surface area contributed by atoms with Crippen LogP contribution in [0.2, 0.25) is 0 Å². The van der Waals surface area contributed by atoms with Crippen LogP contribution >= 0.6 is 0 Å². The predicted molar refractivity (Wildman–Crippen MR) is 79.5 cm³/mol. The quantitative estimate of drug-likeness (QED) is 0.886. The maximum Gasteiger partial charge on any atom is 0.107 e. The molecule has 0 saturated carbocycles. The van der Waals surface area contributed by atoms with Crippen molar-refractivity contribution in [1.29, 1.82) is 0 Å². The number of H-pyrrole nitrogens is 1. The smallest absolute Gasteiger partial charge is 0.107 e. The fourth-order valence-electron chi connectivity index (χ4n) is 2.90. The molecule has 3 heteroatoms. The molecule has 2 heterocycles. The lowest BCUT2D eigenvalue weighted by molar-refractivity contribution is 0.368. The van der Waals surface area contributed by atoms with Crippen molar-refractivity contribution in [1.82, 2.24) is 15.3 Å². The van der Waals surface area contributed by atoms with E-state index in [1.807, 2.05) is 0 Å². The van der Waals surface area contributed by atoms with Gasteiger partial charge in [0, 0.05) is 6.42 Å². The van der Waals surface area contributed by atoms with Gasteiger partial charge in [0.1, 0.15) is 5.82 Å². The molecule has 0 amide bonds. The van der Waals surface area contributed by atoms with Crippen LogP contribution in [0.5, 0.6) is 0 Å². The Bertz CT molecular complexity index is 550. The zero-order valence-corrected chi connectivity index (χ0v) is 11.9. The summed E-state index contributed by atoms with van der Waals surface area (Å²) < 4.78 is 0. The van der Waals surface area contributed by atoms with Crippen molar-refractivity contribution in [3.8, 4) is 0 Å². The third-order valence-corrected chi connectivity index (χ3v) is 4.16. The summed E-state index contributed by atoms with van der Waals surface area (Å²) in [5.74, 6) is 2.51. The van der Waals surface area contributed by atoms with Crippen LogP contribution < -0.4 is 5.32 Å². The van der Waals surface area contributed by atoms with Crippen molar-refractivity contribution in [2.24, 2.45) is 5.92 Å². The van der Waals surface area contributed by atoms with Gasteiger partial charge in [-0.25, -0.2) is 4.98 Å². The molecule has 1 aliphatic heterocycles. The van der Waals surface area contributed by atoms with Crippen molar-refractivity contribution in [2.75, 3.05) is 13.1 Å². The molecule has 19 heavy (non-hydrogen) atoms. The van der Waals surface area contributed by atoms with Crippen LogP contribution in [0.25, 0.3) is 11.0 Å². The molecule has 1 aromatic carbocycles. The van der Waals surface area contributed by atoms with Crippen molar-refractivity contribution in [3.63, 3.8) is 0 Å². The summed E-state index contributed by atoms with van der Waals surface area (Å²) >= 11 is 0. The Morgan fingerprint density at radius 2 is 2.05 bits per heavy atom. The molecule has 3 nitrogen and oxygen atoms in total. The fourth-order valence-corrected chi connectivity index (χ4v) is 2.90. The van der Waals surface area contributed by atoms with Crippen molar-refractivity contribution in [3.05, 3.63) is 29.6 Å². The second-order valence-corrected chi connectivity index (χ2v) is 6.01. The molecule has 0 radical (unpaired) electrons. The lowest BCUT2D eigenvalue weighted by Crippen LogP contribution is -2.28. The molecule has 0 bridgehead atoms. The SMILES string of the molecule is CC(C)c1ccc2nc(CC3CCNCC3)[nH]c2c1. The Kier molecular flexibility index (Phi) is 3.56. The van der Waals surface area contributed by atoms with E-state index in [9.17, 15) is 0 Å². The summed E-state index contributed by atoms with van der Waals surface area (Å²) in [4.78, 5) is 8.24. The van der Waals surface area contributed by atoms with Crippen molar-refractivity contribution >= 4 is 11.0 Å². The van der Waals surface area contributed by atoms with Crippen LogP contribution in [0.4, 0.5) is 0 Å². The highest BCUT2D eigenvalue weighted by Crippen LogP contribution is 2.22. The Labute approximate surface area is 114 Å². The van der Waals surface area contributed by atoms with Crippen LogP contribution in [0, 0.1) is 5.92 Å². The highest BCUT2D eigenvalue weighted by atomic mass is 14.9. The van der Waals surface area contributed by atoms with Gasteiger partial charge in [-0.2, -0.15) is 0 Å². The number of hydrogen-bond acceptors (Lipinski definition) is 2. The first-order valence-electron chi connectivity index (χ1n) is 7.41. The van der Waals surface area contributed by atoms with Crippen LogP contribution in [0.1, 0.15) is 44.0 Å². The maximum atomic E-state index is 4.73. The predicted octanol–water partition coefficient (Wildman–Crippen LogP) is 3.23. The first-order valence-corrected chi connectivity index (χ1v) is 7.41. The number of benzene rings is 1. The minimum Gasteiger partial charge on any atom is -0.342 e. The Morgan fingerprint density at radius 3 is 2.79 bits per heavy atom. The van der Waals surface area contributed by atoms with Gasteiger partial charge in [-0.3, -0.25) is 0 Å². The molecular formula is C16H23N3. The molecule has 1 aromatic heterocycles. The summed E-state index contributed by atoms with van der Waals surface area (Å²) in [6, 6.07) is 6.59. The lowest BCUT2D eigenvalue weighted by Gasteiger charge is -2.21. The molecule has 0 unspecified atom stereocenters. The average Bonchev–Trinajstić information content (AvgIpc) is 2.80. The number of aromatic amines is 1. The molecule has 1 fully saturated rings. The average molecular weight is 257 g/mol. The third kappa shape index (κ3) is 2.81. The molecule has 0 atom stereocenters. The monoisotopic (exact) mass is 257 g/mol. The molecule has 102 valence electrons. The number of fused-ring (bicyclic) bond motifs is 1. The van der Waals surface area contributed by atoms with E-state index in [1.54, 1.807) is 0 Å². The summed E-state index contributed by atoms with van der Waals surface area (Å²) in [7, 11) is 0. The number of rotatable bonds is 3. The molecule has 0 aliphatic carbocycles. The molecule has 2 N–H and O–H groups in total. The second-order valence-electron chi connectivity index (χ2n) is 6.01. The van der Waals surface area contributed by atoms with Gasteiger partial charge in [-0.15, -0.1) is 0 Å². The number of aromatic nitrogens is 2. The summed E-state index contributed by atoms with van der Waals surface area (Å²) in [5, 5.41) is 3.42. The zero-order chi connectivity index (χ0) is 13.2. The molecule has 0 spiro atoms. The summed E-state index contributed by atoms with van der Waals surface area (Å²) in [6.07, 6.45) is 3.63. The number of nitrogens with one attached hydrogen (secondary N) is 2. The lowest BCUT2D eigenvalue weighted by atomic mass is 9.94. The Hall–Kier alpha value is -1.35. The Balaban J connectivity index is 1.80. The van der Waals surface area contributed by atoms with E-state index in [4.69, 9.17) is 4.98 Å². The highest BCUT2D eigenvalue weighted by molar-refractivity contribution is 5.76. The zero-order valence-electron chi connectivity index (χ0n) is 11.9. The van der Waals surface area contributed by atoms with Gasteiger partial charge < -0.3 is 10.3 Å². The van der Waals surface area contributed by atoms with E-state index in [2.05, 4.69) is 42.3 Å². The number of imidazole rings is 1. The maximum absolute atomic E-state index is 4.73. The minimum atomic E-state index is 0.570. The van der Waals surface area contributed by atoms with Gasteiger partial charge in [0.05, 0.1) is 11.0 Å². The fraction of sp³-hybridized carbons (Fsp3) is 0.562. The summed E-state index contributed by atoms with van der Waals surface area (Å²) in [5.41, 5.74) is 3.67. The Morgan fingerprint density at radius 1 is 1.26 bits per heavy atom. The normalized spacial score (nSPS) is 17.4. The van der Waals surface area contributed by atoms with E-state index < -0.39 is 0 Å². The minimum absolute atomic E-state index is 0.570. The van der Waals surface area contributed by atoms with Crippen LogP contribution in [0.3, 0.4) is 0 Å². The van der Waals surface area contributed by atoms with Gasteiger partial charge in [-0.1, -0.05) is 19.9 Å². The molecule has 3 rings (SSSR count). The van der Waals surface area contributed by atoms with Gasteiger partial charge in [0.25, 0.3) is 0 Å². The number of piperidine rings is 1. The second kappa shape index (κ2) is 5.33. The number of hydrogen-bond donors (Lipinski definition) is 2. The highest BCUT2D eigenvalue weighted by Gasteiger charge is 2.15. The standard InChI is InChI=1S/C16H23N3/c1-11(2)13-3-4-14-15(10-13)19-16(18-14)9-12-5-7-17-8-6-12/h3-4,10-12,17H,5-9H2,1-2H3,(H,18,19). The van der Waals surface area contributed by atoms with E-state index in [-0.39, 0.29) is 0 Å². The first-order chi connectivity index (χ1) is 9.22. The van der Waals surface area contributed by atoms with Gasteiger partial charge >= 0.3 is 0 Å². The largest absolute Gasteiger partial charge is 0.342 e. The molecular weight excluding hydrogens is 234 g/mol. The molecule has 1 saturated heterocycles. The van der Waals surface area contributed by atoms with Gasteiger partial charge in [0.2, 0.25) is 0 Å². The van der Waals surface area contributed by atoms with E-state index in [0.29, 0.717) is 5.92 Å². The van der Waals surface area contributed by atoms with Gasteiger partial charge in [0.15, 0.2) is 0 Å². The van der Waals surface area contributed by atoms with Crippen LogP contribution in [-0.4, -0.2) is 23.1 Å². The topological polar surface area (TPSA) is 40.7 Å². The molecule has 2 aromatic rings. The number of nitrogens with zero attached hydrogens (tertiary/aromatic N) is 1. The van der Waals surface area contributed by atoms with Crippen LogP contribution in [-0.2, 0) is 6.42 Å². The third-order valence-electron chi connectivity index (χ3n) is 4.16. The van der Waals surface area contributed by atoms with Crippen molar-refractivity contribution in [2.45, 2.75) is 39.0 Å². The summed E-state index contributed by atoms with van der Waals surface area (Å²) in [6.45, 7) is 6.77. The molecule has 1 aliphatic rings. The van der Waals surface area contributed by atoms with E-state index in [0.717, 1.165) is 36.8 Å². The van der Waals surface area contributed by atoms with E-state index >= 15 is 0 Å². The first kappa shape index (κ1) is 12.7. The van der Waals surface area contributed by atoms with Gasteiger partial charge in [-0.05, 0) is 55.5 Å².